The summed E-state index contributed by atoms with van der Waals surface area (Å²) in [5.41, 5.74) is 2.18. The lowest BCUT2D eigenvalue weighted by molar-refractivity contribution is -0.111. The molecule has 0 saturated carbocycles. The second-order valence-corrected chi connectivity index (χ2v) is 5.28. The lowest BCUT2D eigenvalue weighted by Gasteiger charge is -2.08. The highest BCUT2D eigenvalue weighted by Gasteiger charge is 2.04. The molecule has 0 unspecified atom stereocenters. The first kappa shape index (κ1) is 13.4. The van der Waals surface area contributed by atoms with Gasteiger partial charge in [0.1, 0.15) is 5.75 Å². The van der Waals surface area contributed by atoms with Gasteiger partial charge in [-0.1, -0.05) is 6.07 Å². The zero-order chi connectivity index (χ0) is 13.8. The van der Waals surface area contributed by atoms with Crippen LogP contribution in [0.3, 0.4) is 0 Å². The van der Waals surface area contributed by atoms with E-state index in [2.05, 4.69) is 5.32 Å². The lowest BCUT2D eigenvalue weighted by Crippen LogP contribution is -2.08. The van der Waals surface area contributed by atoms with Gasteiger partial charge in [0, 0.05) is 16.6 Å². The van der Waals surface area contributed by atoms with E-state index in [1.54, 1.807) is 43.4 Å². The monoisotopic (exact) mass is 273 g/mol. The Bertz CT molecular complexity index is 592. The minimum atomic E-state index is -0.183. The fourth-order valence-electron chi connectivity index (χ4n) is 1.76. The van der Waals surface area contributed by atoms with E-state index in [-0.39, 0.29) is 11.7 Å². The Morgan fingerprint density at radius 3 is 2.58 bits per heavy atom. The summed E-state index contributed by atoms with van der Waals surface area (Å²) >= 11 is 1.58. The summed E-state index contributed by atoms with van der Waals surface area (Å²) in [6.07, 6.45) is 3.28. The summed E-state index contributed by atoms with van der Waals surface area (Å²) in [4.78, 5) is 12.8. The van der Waals surface area contributed by atoms with Crippen LogP contribution in [0, 0.1) is 13.8 Å². The first-order chi connectivity index (χ1) is 9.06. The quantitative estimate of drug-likeness (QED) is 0.661. The number of nitrogens with one attached hydrogen (secondary N) is 1. The Morgan fingerprint density at radius 1 is 1.32 bits per heavy atom. The summed E-state index contributed by atoms with van der Waals surface area (Å²) in [7, 11) is 0. The number of aromatic hydroxyl groups is 1. The molecule has 0 fully saturated rings. The molecule has 0 aliphatic carbocycles. The van der Waals surface area contributed by atoms with E-state index in [1.807, 2.05) is 17.5 Å². The molecule has 0 aliphatic rings. The van der Waals surface area contributed by atoms with Crippen LogP contribution >= 0.6 is 11.3 Å². The number of hydrogen-bond donors (Lipinski definition) is 2. The van der Waals surface area contributed by atoms with E-state index in [0.717, 1.165) is 16.0 Å². The van der Waals surface area contributed by atoms with Crippen molar-refractivity contribution in [3.63, 3.8) is 0 Å². The molecule has 1 aromatic heterocycles. The smallest absolute Gasteiger partial charge is 0.248 e. The molecule has 0 saturated heterocycles. The Balaban J connectivity index is 2.07. The first-order valence-electron chi connectivity index (χ1n) is 5.89. The molecule has 1 amide bonds. The molecule has 98 valence electrons. The summed E-state index contributed by atoms with van der Waals surface area (Å²) in [5.74, 6) is 0.0880. The summed E-state index contributed by atoms with van der Waals surface area (Å²) in [6.45, 7) is 3.61. The van der Waals surface area contributed by atoms with Crippen molar-refractivity contribution in [2.75, 3.05) is 5.32 Å². The summed E-state index contributed by atoms with van der Waals surface area (Å²) < 4.78 is 0. The molecule has 0 atom stereocenters. The molecular weight excluding hydrogens is 258 g/mol. The van der Waals surface area contributed by atoms with Crippen LogP contribution in [-0.2, 0) is 4.79 Å². The minimum absolute atomic E-state index is 0.183. The molecule has 0 spiro atoms. The van der Waals surface area contributed by atoms with Gasteiger partial charge in [-0.15, -0.1) is 11.3 Å². The van der Waals surface area contributed by atoms with Crippen LogP contribution in [0.2, 0.25) is 0 Å². The van der Waals surface area contributed by atoms with E-state index >= 15 is 0 Å². The van der Waals surface area contributed by atoms with Crippen LogP contribution in [0.15, 0.2) is 35.7 Å². The molecule has 0 aliphatic heterocycles. The predicted octanol–water partition coefficient (Wildman–Crippen LogP) is 3.72. The molecule has 1 heterocycles. The molecule has 2 aromatic rings. The van der Waals surface area contributed by atoms with Crippen molar-refractivity contribution >= 4 is 29.0 Å². The van der Waals surface area contributed by atoms with Crippen molar-refractivity contribution in [1.29, 1.82) is 0 Å². The van der Waals surface area contributed by atoms with Crippen molar-refractivity contribution in [2.45, 2.75) is 13.8 Å². The number of benzene rings is 1. The topological polar surface area (TPSA) is 49.3 Å². The van der Waals surface area contributed by atoms with E-state index < -0.39 is 0 Å². The SMILES string of the molecule is Cc1cc(NC(=O)/C=C/c2cccs2)cc(C)c1O. The third kappa shape index (κ3) is 3.45. The molecule has 19 heavy (non-hydrogen) atoms. The highest BCUT2D eigenvalue weighted by molar-refractivity contribution is 7.10. The number of hydrogen-bond acceptors (Lipinski definition) is 3. The molecule has 4 heteroatoms. The molecule has 2 N–H and O–H groups in total. The Kier molecular flexibility index (Phi) is 4.02. The molecular formula is C15H15NO2S. The Morgan fingerprint density at radius 2 is 2.00 bits per heavy atom. The summed E-state index contributed by atoms with van der Waals surface area (Å²) in [5, 5.41) is 14.4. The van der Waals surface area contributed by atoms with Gasteiger partial charge in [0.2, 0.25) is 5.91 Å². The number of thiophene rings is 1. The highest BCUT2D eigenvalue weighted by Crippen LogP contribution is 2.25. The molecule has 1 aromatic carbocycles. The number of phenols is 1. The number of amides is 1. The van der Waals surface area contributed by atoms with Gasteiger partial charge in [0.15, 0.2) is 0 Å². The van der Waals surface area contributed by atoms with Crippen LogP contribution in [0.25, 0.3) is 6.08 Å². The second-order valence-electron chi connectivity index (χ2n) is 4.30. The van der Waals surface area contributed by atoms with Gasteiger partial charge >= 0.3 is 0 Å². The third-order valence-electron chi connectivity index (χ3n) is 2.70. The lowest BCUT2D eigenvalue weighted by atomic mass is 10.1. The maximum Gasteiger partial charge on any atom is 0.248 e. The highest BCUT2D eigenvalue weighted by atomic mass is 32.1. The van der Waals surface area contributed by atoms with Crippen LogP contribution in [0.4, 0.5) is 5.69 Å². The van der Waals surface area contributed by atoms with Gasteiger partial charge in [-0.05, 0) is 54.6 Å². The van der Waals surface area contributed by atoms with E-state index in [0.29, 0.717) is 5.69 Å². The largest absolute Gasteiger partial charge is 0.507 e. The van der Waals surface area contributed by atoms with E-state index in [9.17, 15) is 9.90 Å². The Hall–Kier alpha value is -2.07. The zero-order valence-corrected chi connectivity index (χ0v) is 11.6. The van der Waals surface area contributed by atoms with Gasteiger partial charge in [-0.2, -0.15) is 0 Å². The third-order valence-corrected chi connectivity index (χ3v) is 3.54. The second kappa shape index (κ2) is 5.71. The van der Waals surface area contributed by atoms with Crippen LogP contribution < -0.4 is 5.32 Å². The number of carbonyl (C=O) groups excluding carboxylic acids is 1. The first-order valence-corrected chi connectivity index (χ1v) is 6.77. The maximum atomic E-state index is 11.8. The average Bonchev–Trinajstić information content (AvgIpc) is 2.86. The molecule has 2 rings (SSSR count). The van der Waals surface area contributed by atoms with Crippen molar-refractivity contribution in [3.8, 4) is 5.75 Å². The molecule has 0 radical (unpaired) electrons. The van der Waals surface area contributed by atoms with E-state index in [4.69, 9.17) is 0 Å². The van der Waals surface area contributed by atoms with E-state index in [1.165, 1.54) is 6.08 Å². The van der Waals surface area contributed by atoms with Crippen molar-refractivity contribution in [1.82, 2.24) is 0 Å². The number of anilines is 1. The number of carbonyl (C=O) groups is 1. The van der Waals surface area contributed by atoms with Gasteiger partial charge in [0.25, 0.3) is 0 Å². The minimum Gasteiger partial charge on any atom is -0.507 e. The number of phenolic OH excluding ortho intramolecular Hbond substituents is 1. The zero-order valence-electron chi connectivity index (χ0n) is 10.8. The van der Waals surface area contributed by atoms with Gasteiger partial charge in [-0.3, -0.25) is 4.79 Å². The predicted molar refractivity (Wildman–Crippen MR) is 79.6 cm³/mol. The maximum absolute atomic E-state index is 11.8. The van der Waals surface area contributed by atoms with Crippen molar-refractivity contribution < 1.29 is 9.90 Å². The Labute approximate surface area is 116 Å². The van der Waals surface area contributed by atoms with Gasteiger partial charge < -0.3 is 10.4 Å². The van der Waals surface area contributed by atoms with Crippen molar-refractivity contribution in [3.05, 3.63) is 51.7 Å². The summed E-state index contributed by atoms with van der Waals surface area (Å²) in [6, 6.07) is 7.39. The van der Waals surface area contributed by atoms with Crippen LogP contribution in [0.1, 0.15) is 16.0 Å². The van der Waals surface area contributed by atoms with Crippen LogP contribution in [-0.4, -0.2) is 11.0 Å². The standard InChI is InChI=1S/C15H15NO2S/c1-10-8-12(9-11(2)15(10)18)16-14(17)6-5-13-4-3-7-19-13/h3-9,18H,1-2H3,(H,16,17)/b6-5+. The van der Waals surface area contributed by atoms with Crippen molar-refractivity contribution in [2.24, 2.45) is 0 Å². The molecule has 0 bridgehead atoms. The van der Waals surface area contributed by atoms with Gasteiger partial charge in [0.05, 0.1) is 0 Å². The van der Waals surface area contributed by atoms with Crippen LogP contribution in [0.5, 0.6) is 5.75 Å². The molecule has 3 nitrogen and oxygen atoms in total. The number of rotatable bonds is 3. The number of aryl methyl sites for hydroxylation is 2. The fraction of sp³-hybridized carbons (Fsp3) is 0.133. The average molecular weight is 273 g/mol. The van der Waals surface area contributed by atoms with Gasteiger partial charge in [-0.25, -0.2) is 0 Å². The fourth-order valence-corrected chi connectivity index (χ4v) is 2.37. The normalized spacial score (nSPS) is 10.8.